The van der Waals surface area contributed by atoms with Crippen molar-refractivity contribution in [2.45, 2.75) is 19.9 Å². The van der Waals surface area contributed by atoms with E-state index in [2.05, 4.69) is 15.9 Å². The summed E-state index contributed by atoms with van der Waals surface area (Å²) in [4.78, 5) is 14.6. The second-order valence-corrected chi connectivity index (χ2v) is 5.00. The van der Waals surface area contributed by atoms with Gasteiger partial charge in [-0.2, -0.15) is 0 Å². The molecule has 1 heterocycles. The molecule has 0 unspecified atom stereocenters. The SMILES string of the molecule is CC(C)N(CCBr)C(=O)c1cccs1. The lowest BCUT2D eigenvalue weighted by atomic mass is 10.3. The molecule has 0 saturated carbocycles. The summed E-state index contributed by atoms with van der Waals surface area (Å²) < 4.78 is 0. The van der Waals surface area contributed by atoms with Crippen LogP contribution in [0.1, 0.15) is 23.5 Å². The van der Waals surface area contributed by atoms with Crippen LogP contribution in [0.2, 0.25) is 0 Å². The summed E-state index contributed by atoms with van der Waals surface area (Å²) >= 11 is 4.86. The number of thiophene rings is 1. The van der Waals surface area contributed by atoms with Crippen molar-refractivity contribution in [3.8, 4) is 0 Å². The van der Waals surface area contributed by atoms with E-state index in [1.807, 2.05) is 36.3 Å². The van der Waals surface area contributed by atoms with Gasteiger partial charge in [0, 0.05) is 17.9 Å². The van der Waals surface area contributed by atoms with Crippen molar-refractivity contribution in [3.05, 3.63) is 22.4 Å². The van der Waals surface area contributed by atoms with Crippen molar-refractivity contribution < 1.29 is 4.79 Å². The van der Waals surface area contributed by atoms with Crippen molar-refractivity contribution in [3.63, 3.8) is 0 Å². The van der Waals surface area contributed by atoms with E-state index in [0.29, 0.717) is 0 Å². The Hall–Kier alpha value is -0.350. The van der Waals surface area contributed by atoms with Crippen LogP contribution in [0, 0.1) is 0 Å². The fraction of sp³-hybridized carbons (Fsp3) is 0.500. The first-order valence-corrected chi connectivity index (χ1v) is 6.57. The zero-order valence-electron chi connectivity index (χ0n) is 8.37. The second-order valence-electron chi connectivity index (χ2n) is 3.26. The van der Waals surface area contributed by atoms with Crippen molar-refractivity contribution in [1.29, 1.82) is 0 Å². The molecule has 0 atom stereocenters. The minimum atomic E-state index is 0.134. The first-order valence-electron chi connectivity index (χ1n) is 4.57. The minimum absolute atomic E-state index is 0.134. The Bertz CT molecular complexity index is 284. The molecule has 4 heteroatoms. The third-order valence-corrected chi connectivity index (χ3v) is 3.15. The largest absolute Gasteiger partial charge is 0.335 e. The lowest BCUT2D eigenvalue weighted by Crippen LogP contribution is -2.37. The van der Waals surface area contributed by atoms with Crippen LogP contribution >= 0.6 is 27.3 Å². The summed E-state index contributed by atoms with van der Waals surface area (Å²) in [5.74, 6) is 0.134. The van der Waals surface area contributed by atoms with Gasteiger partial charge in [0.15, 0.2) is 0 Å². The molecule has 78 valence electrons. The maximum atomic E-state index is 12.0. The Morgan fingerprint density at radius 3 is 2.79 bits per heavy atom. The van der Waals surface area contributed by atoms with Gasteiger partial charge >= 0.3 is 0 Å². The van der Waals surface area contributed by atoms with Crippen LogP contribution in [0.15, 0.2) is 17.5 Å². The molecular formula is C10H14BrNOS. The number of carbonyl (C=O) groups excluding carboxylic acids is 1. The molecule has 1 amide bonds. The molecule has 0 spiro atoms. The molecule has 0 aromatic carbocycles. The van der Waals surface area contributed by atoms with E-state index in [1.165, 1.54) is 11.3 Å². The van der Waals surface area contributed by atoms with E-state index in [1.54, 1.807) is 0 Å². The van der Waals surface area contributed by atoms with E-state index < -0.39 is 0 Å². The molecule has 0 aliphatic rings. The molecule has 0 fully saturated rings. The molecule has 0 bridgehead atoms. The van der Waals surface area contributed by atoms with Crippen molar-refractivity contribution in [2.24, 2.45) is 0 Å². The van der Waals surface area contributed by atoms with E-state index in [9.17, 15) is 4.79 Å². The predicted octanol–water partition coefficient (Wildman–Crippen LogP) is 2.99. The number of carbonyl (C=O) groups is 1. The molecule has 1 aromatic rings. The number of rotatable bonds is 4. The third-order valence-electron chi connectivity index (χ3n) is 1.94. The van der Waals surface area contributed by atoms with Crippen molar-refractivity contribution in [1.82, 2.24) is 4.90 Å². The van der Waals surface area contributed by atoms with Gasteiger partial charge in [0.05, 0.1) is 4.88 Å². The van der Waals surface area contributed by atoms with Gasteiger partial charge in [0.1, 0.15) is 0 Å². The van der Waals surface area contributed by atoms with Crippen LogP contribution in [-0.2, 0) is 0 Å². The van der Waals surface area contributed by atoms with Gasteiger partial charge in [-0.3, -0.25) is 4.79 Å². The molecular weight excluding hydrogens is 262 g/mol. The summed E-state index contributed by atoms with van der Waals surface area (Å²) in [7, 11) is 0. The minimum Gasteiger partial charge on any atom is -0.335 e. The summed E-state index contributed by atoms with van der Waals surface area (Å²) in [6.07, 6.45) is 0. The number of hydrogen-bond donors (Lipinski definition) is 0. The molecule has 2 nitrogen and oxygen atoms in total. The van der Waals surface area contributed by atoms with Gasteiger partial charge in [-0.25, -0.2) is 0 Å². The number of alkyl halides is 1. The van der Waals surface area contributed by atoms with Crippen LogP contribution in [0.5, 0.6) is 0 Å². The highest BCUT2D eigenvalue weighted by Crippen LogP contribution is 2.14. The van der Waals surface area contributed by atoms with E-state index in [4.69, 9.17) is 0 Å². The molecule has 1 aromatic heterocycles. The van der Waals surface area contributed by atoms with Gasteiger partial charge in [0.2, 0.25) is 0 Å². The zero-order valence-corrected chi connectivity index (χ0v) is 10.8. The highest BCUT2D eigenvalue weighted by atomic mass is 79.9. The van der Waals surface area contributed by atoms with Gasteiger partial charge in [0.25, 0.3) is 5.91 Å². The standard InChI is InChI=1S/C10H14BrNOS/c1-8(2)12(6-5-11)10(13)9-4-3-7-14-9/h3-4,7-8H,5-6H2,1-2H3. The molecule has 0 aliphatic carbocycles. The summed E-state index contributed by atoms with van der Waals surface area (Å²) in [6, 6.07) is 4.03. The maximum absolute atomic E-state index is 12.0. The Balaban J connectivity index is 2.74. The second kappa shape index (κ2) is 5.51. The number of halogens is 1. The smallest absolute Gasteiger partial charge is 0.264 e. The third kappa shape index (κ3) is 2.82. The summed E-state index contributed by atoms with van der Waals surface area (Å²) in [6.45, 7) is 4.83. The van der Waals surface area contributed by atoms with E-state index in [0.717, 1.165) is 16.8 Å². The number of nitrogens with zero attached hydrogens (tertiary/aromatic N) is 1. The lowest BCUT2D eigenvalue weighted by Gasteiger charge is -2.25. The number of hydrogen-bond acceptors (Lipinski definition) is 2. The van der Waals surface area contributed by atoms with E-state index >= 15 is 0 Å². The quantitative estimate of drug-likeness (QED) is 0.774. The average Bonchev–Trinajstić information content (AvgIpc) is 2.65. The van der Waals surface area contributed by atoms with Gasteiger partial charge in [-0.1, -0.05) is 22.0 Å². The van der Waals surface area contributed by atoms with Crippen LogP contribution in [0.3, 0.4) is 0 Å². The molecule has 0 radical (unpaired) electrons. The van der Waals surface area contributed by atoms with Crippen LogP contribution < -0.4 is 0 Å². The van der Waals surface area contributed by atoms with Crippen LogP contribution in [-0.4, -0.2) is 28.7 Å². The molecule has 14 heavy (non-hydrogen) atoms. The molecule has 0 aliphatic heterocycles. The first-order chi connectivity index (χ1) is 6.66. The number of amides is 1. The van der Waals surface area contributed by atoms with E-state index in [-0.39, 0.29) is 11.9 Å². The van der Waals surface area contributed by atoms with Gasteiger partial charge in [-0.05, 0) is 25.3 Å². The normalized spacial score (nSPS) is 10.6. The summed E-state index contributed by atoms with van der Waals surface area (Å²) in [5.41, 5.74) is 0. The lowest BCUT2D eigenvalue weighted by molar-refractivity contribution is 0.0724. The molecule has 1 rings (SSSR count). The van der Waals surface area contributed by atoms with Crippen LogP contribution in [0.25, 0.3) is 0 Å². The van der Waals surface area contributed by atoms with Crippen LogP contribution in [0.4, 0.5) is 0 Å². The Labute approximate surface area is 97.1 Å². The maximum Gasteiger partial charge on any atom is 0.264 e. The topological polar surface area (TPSA) is 20.3 Å². The molecule has 0 saturated heterocycles. The zero-order chi connectivity index (χ0) is 10.6. The van der Waals surface area contributed by atoms with Gasteiger partial charge < -0.3 is 4.90 Å². The average molecular weight is 276 g/mol. The Morgan fingerprint density at radius 1 is 1.64 bits per heavy atom. The molecule has 0 N–H and O–H groups in total. The highest BCUT2D eigenvalue weighted by Gasteiger charge is 2.18. The Kier molecular flexibility index (Phi) is 4.62. The van der Waals surface area contributed by atoms with Crippen molar-refractivity contribution >= 4 is 33.2 Å². The first kappa shape index (κ1) is 11.7. The fourth-order valence-corrected chi connectivity index (χ4v) is 2.29. The van der Waals surface area contributed by atoms with Crippen molar-refractivity contribution in [2.75, 3.05) is 11.9 Å². The highest BCUT2D eigenvalue weighted by molar-refractivity contribution is 9.09. The monoisotopic (exact) mass is 275 g/mol. The predicted molar refractivity (Wildman–Crippen MR) is 64.3 cm³/mol. The fourth-order valence-electron chi connectivity index (χ4n) is 1.23. The summed E-state index contributed by atoms with van der Waals surface area (Å²) in [5, 5.41) is 2.75. The Morgan fingerprint density at radius 2 is 2.36 bits per heavy atom. The van der Waals surface area contributed by atoms with Gasteiger partial charge in [-0.15, -0.1) is 11.3 Å².